The van der Waals surface area contributed by atoms with E-state index in [1.165, 1.54) is 18.5 Å². The van der Waals surface area contributed by atoms with Crippen LogP contribution in [0.2, 0.25) is 0 Å². The predicted octanol–water partition coefficient (Wildman–Crippen LogP) is 1.72. The molecule has 0 amide bonds. The van der Waals surface area contributed by atoms with E-state index in [4.69, 9.17) is 0 Å². The lowest BCUT2D eigenvalue weighted by atomic mass is 10.1. The molecule has 2 aliphatic rings. The van der Waals surface area contributed by atoms with Crippen molar-refractivity contribution in [2.45, 2.75) is 31.4 Å². The average Bonchev–Trinajstić information content (AvgIpc) is 2.86. The molecule has 0 spiro atoms. The van der Waals surface area contributed by atoms with Gasteiger partial charge in [0, 0.05) is 37.9 Å². The Balaban J connectivity index is 1.58. The lowest BCUT2D eigenvalue weighted by molar-refractivity contribution is 0.0671. The quantitative estimate of drug-likeness (QED) is 0.861. The van der Waals surface area contributed by atoms with E-state index in [9.17, 15) is 5.11 Å². The van der Waals surface area contributed by atoms with Gasteiger partial charge in [-0.05, 0) is 31.4 Å². The van der Waals surface area contributed by atoms with Gasteiger partial charge in [0.25, 0.3) is 0 Å². The van der Waals surface area contributed by atoms with Gasteiger partial charge in [0.2, 0.25) is 0 Å². The van der Waals surface area contributed by atoms with Gasteiger partial charge in [-0.25, -0.2) is 0 Å². The van der Waals surface area contributed by atoms with Crippen LogP contribution in [-0.4, -0.2) is 48.3 Å². The lowest BCUT2D eigenvalue weighted by Gasteiger charge is -2.40. The first-order valence-corrected chi connectivity index (χ1v) is 7.07. The lowest BCUT2D eigenvalue weighted by Crippen LogP contribution is -2.52. The zero-order valence-corrected chi connectivity index (χ0v) is 10.8. The highest BCUT2D eigenvalue weighted by Gasteiger charge is 2.32. The molecule has 98 valence electrons. The summed E-state index contributed by atoms with van der Waals surface area (Å²) < 4.78 is 0. The number of hydrogen-bond acceptors (Lipinski definition) is 3. The second-order valence-electron chi connectivity index (χ2n) is 5.42. The van der Waals surface area contributed by atoms with E-state index < -0.39 is 0 Å². The maximum absolute atomic E-state index is 9.97. The van der Waals surface area contributed by atoms with Crippen LogP contribution in [0.3, 0.4) is 0 Å². The minimum Gasteiger partial charge on any atom is -0.391 e. The van der Waals surface area contributed by atoms with E-state index in [1.54, 1.807) is 0 Å². The second-order valence-corrected chi connectivity index (χ2v) is 5.42. The van der Waals surface area contributed by atoms with Gasteiger partial charge in [-0.15, -0.1) is 0 Å². The molecule has 0 unspecified atom stereocenters. The molecule has 0 aromatic heterocycles. The predicted molar refractivity (Wildman–Crippen MR) is 73.9 cm³/mol. The summed E-state index contributed by atoms with van der Waals surface area (Å²) in [6.07, 6.45) is 3.26. The van der Waals surface area contributed by atoms with E-state index in [1.807, 2.05) is 0 Å². The zero-order chi connectivity index (χ0) is 12.4. The average molecular weight is 246 g/mol. The van der Waals surface area contributed by atoms with Crippen molar-refractivity contribution in [1.29, 1.82) is 0 Å². The summed E-state index contributed by atoms with van der Waals surface area (Å²) in [6.45, 7) is 4.31. The Morgan fingerprint density at radius 3 is 2.28 bits per heavy atom. The normalized spacial score (nSPS) is 29.7. The summed E-state index contributed by atoms with van der Waals surface area (Å²) >= 11 is 0. The summed E-state index contributed by atoms with van der Waals surface area (Å²) in [5, 5.41) is 9.97. The Morgan fingerprint density at radius 2 is 1.67 bits per heavy atom. The van der Waals surface area contributed by atoms with Gasteiger partial charge >= 0.3 is 0 Å². The number of para-hydroxylation sites is 1. The highest BCUT2D eigenvalue weighted by atomic mass is 16.3. The van der Waals surface area contributed by atoms with Crippen molar-refractivity contribution in [2.24, 2.45) is 0 Å². The molecule has 1 aliphatic carbocycles. The minimum absolute atomic E-state index is 0.0896. The number of nitrogens with zero attached hydrogens (tertiary/aromatic N) is 2. The number of anilines is 1. The van der Waals surface area contributed by atoms with Crippen molar-refractivity contribution in [2.75, 3.05) is 31.1 Å². The SMILES string of the molecule is O[C@@H]1CCC[C@H]1N1CCN(c2ccccc2)CC1. The molecule has 1 aromatic rings. The summed E-state index contributed by atoms with van der Waals surface area (Å²) in [5.41, 5.74) is 1.32. The van der Waals surface area contributed by atoms with Crippen LogP contribution < -0.4 is 4.90 Å². The van der Waals surface area contributed by atoms with Crippen LogP contribution >= 0.6 is 0 Å². The first-order valence-electron chi connectivity index (χ1n) is 7.07. The maximum Gasteiger partial charge on any atom is 0.0695 e. The molecular weight excluding hydrogens is 224 g/mol. The van der Waals surface area contributed by atoms with Crippen LogP contribution in [0.4, 0.5) is 5.69 Å². The second kappa shape index (κ2) is 5.29. The molecule has 1 heterocycles. The van der Waals surface area contributed by atoms with E-state index >= 15 is 0 Å². The Kier molecular flexibility index (Phi) is 3.52. The highest BCUT2D eigenvalue weighted by Crippen LogP contribution is 2.26. The summed E-state index contributed by atoms with van der Waals surface area (Å²) in [6, 6.07) is 11.0. The fourth-order valence-electron chi connectivity index (χ4n) is 3.30. The van der Waals surface area contributed by atoms with Crippen LogP contribution in [0.5, 0.6) is 0 Å². The van der Waals surface area contributed by atoms with Crippen molar-refractivity contribution in [3.05, 3.63) is 30.3 Å². The largest absolute Gasteiger partial charge is 0.391 e. The van der Waals surface area contributed by atoms with Gasteiger partial charge in [-0.2, -0.15) is 0 Å². The molecule has 3 nitrogen and oxygen atoms in total. The van der Waals surface area contributed by atoms with Crippen molar-refractivity contribution < 1.29 is 5.11 Å². The summed E-state index contributed by atoms with van der Waals surface area (Å²) in [7, 11) is 0. The fourth-order valence-corrected chi connectivity index (χ4v) is 3.30. The van der Waals surface area contributed by atoms with E-state index in [0.717, 1.165) is 32.6 Å². The van der Waals surface area contributed by atoms with Gasteiger partial charge in [0.15, 0.2) is 0 Å². The standard InChI is InChI=1S/C15H22N2O/c18-15-8-4-7-14(15)17-11-9-16(10-12-17)13-5-2-1-3-6-13/h1-3,5-6,14-15,18H,4,7-12H2/t14-,15-/m1/s1. The Morgan fingerprint density at radius 1 is 0.944 bits per heavy atom. The molecule has 2 fully saturated rings. The van der Waals surface area contributed by atoms with Gasteiger partial charge in [-0.1, -0.05) is 18.2 Å². The third-order valence-electron chi connectivity index (χ3n) is 4.35. The van der Waals surface area contributed by atoms with Crippen molar-refractivity contribution in [3.63, 3.8) is 0 Å². The highest BCUT2D eigenvalue weighted by molar-refractivity contribution is 5.46. The molecule has 3 heteroatoms. The van der Waals surface area contributed by atoms with Crippen LogP contribution in [0.1, 0.15) is 19.3 Å². The van der Waals surface area contributed by atoms with Gasteiger partial charge in [0.05, 0.1) is 6.10 Å². The maximum atomic E-state index is 9.97. The first kappa shape index (κ1) is 12.0. The molecule has 0 radical (unpaired) electrons. The monoisotopic (exact) mass is 246 g/mol. The fraction of sp³-hybridized carbons (Fsp3) is 0.600. The molecule has 0 bridgehead atoms. The molecule has 1 aromatic carbocycles. The Labute approximate surface area is 109 Å². The van der Waals surface area contributed by atoms with Gasteiger partial charge in [-0.3, -0.25) is 4.90 Å². The van der Waals surface area contributed by atoms with Crippen LogP contribution in [0.15, 0.2) is 30.3 Å². The molecule has 1 saturated heterocycles. The molecular formula is C15H22N2O. The Hall–Kier alpha value is -1.06. The summed E-state index contributed by atoms with van der Waals surface area (Å²) in [5.74, 6) is 0. The minimum atomic E-state index is -0.0896. The van der Waals surface area contributed by atoms with Crippen LogP contribution in [0, 0.1) is 0 Å². The topological polar surface area (TPSA) is 26.7 Å². The van der Waals surface area contributed by atoms with Gasteiger partial charge in [0.1, 0.15) is 0 Å². The van der Waals surface area contributed by atoms with E-state index in [2.05, 4.69) is 40.1 Å². The van der Waals surface area contributed by atoms with E-state index in [-0.39, 0.29) is 6.10 Å². The third kappa shape index (κ3) is 2.38. The smallest absolute Gasteiger partial charge is 0.0695 e. The van der Waals surface area contributed by atoms with E-state index in [0.29, 0.717) is 6.04 Å². The summed E-state index contributed by atoms with van der Waals surface area (Å²) in [4.78, 5) is 4.93. The third-order valence-corrected chi connectivity index (χ3v) is 4.35. The number of hydrogen-bond donors (Lipinski definition) is 1. The molecule has 18 heavy (non-hydrogen) atoms. The molecule has 3 rings (SSSR count). The Bertz CT molecular complexity index is 373. The van der Waals surface area contributed by atoms with Crippen molar-refractivity contribution in [3.8, 4) is 0 Å². The van der Waals surface area contributed by atoms with Crippen LogP contribution in [-0.2, 0) is 0 Å². The molecule has 1 aliphatic heterocycles. The number of piperazine rings is 1. The molecule has 2 atom stereocenters. The van der Waals surface area contributed by atoms with Crippen molar-refractivity contribution in [1.82, 2.24) is 4.90 Å². The number of aliphatic hydroxyl groups is 1. The number of rotatable bonds is 2. The molecule has 1 N–H and O–H groups in total. The molecule has 1 saturated carbocycles. The first-order chi connectivity index (χ1) is 8.84. The number of aliphatic hydroxyl groups excluding tert-OH is 1. The van der Waals surface area contributed by atoms with Gasteiger partial charge < -0.3 is 10.0 Å². The van der Waals surface area contributed by atoms with Crippen molar-refractivity contribution >= 4 is 5.69 Å². The number of benzene rings is 1. The van der Waals surface area contributed by atoms with Crippen LogP contribution in [0.25, 0.3) is 0 Å². The zero-order valence-electron chi connectivity index (χ0n) is 10.8.